The summed E-state index contributed by atoms with van der Waals surface area (Å²) in [5.74, 6) is 1.91. The summed E-state index contributed by atoms with van der Waals surface area (Å²) < 4.78 is 0. The van der Waals surface area contributed by atoms with E-state index in [0.717, 1.165) is 25.2 Å². The third kappa shape index (κ3) is 6.82. The molecular weight excluding hydrogens is 382 g/mol. The molecular formula is C20H27N9O. The first kappa shape index (κ1) is 21.2. The zero-order valence-electron chi connectivity index (χ0n) is 17.4. The zero-order chi connectivity index (χ0) is 21.3. The third-order valence-corrected chi connectivity index (χ3v) is 4.09. The van der Waals surface area contributed by atoms with E-state index < -0.39 is 0 Å². The molecule has 30 heavy (non-hydrogen) atoms. The van der Waals surface area contributed by atoms with Gasteiger partial charge in [-0.05, 0) is 46.1 Å². The highest BCUT2D eigenvalue weighted by atomic mass is 16.1. The zero-order valence-corrected chi connectivity index (χ0v) is 17.4. The predicted molar refractivity (Wildman–Crippen MR) is 117 cm³/mol. The van der Waals surface area contributed by atoms with E-state index in [4.69, 9.17) is 0 Å². The fourth-order valence-corrected chi connectivity index (χ4v) is 2.74. The highest BCUT2D eigenvalue weighted by Crippen LogP contribution is 2.14. The summed E-state index contributed by atoms with van der Waals surface area (Å²) in [5, 5.41) is 16.2. The van der Waals surface area contributed by atoms with Crippen molar-refractivity contribution in [3.63, 3.8) is 0 Å². The minimum absolute atomic E-state index is 0.128. The number of amides is 1. The van der Waals surface area contributed by atoms with Gasteiger partial charge in [0, 0.05) is 24.0 Å². The van der Waals surface area contributed by atoms with Crippen LogP contribution in [0.1, 0.15) is 17.9 Å². The Kier molecular flexibility index (Phi) is 7.28. The number of aryl methyl sites for hydroxylation is 1. The maximum absolute atomic E-state index is 12.2. The SMILES string of the molecule is Cc1nc(NCCCN(C)C)nc(Nc2cc(CC(=O)Nc3ccccc3)[nH]n2)n1. The van der Waals surface area contributed by atoms with Crippen LogP contribution in [-0.2, 0) is 11.2 Å². The van der Waals surface area contributed by atoms with Crippen molar-refractivity contribution in [1.29, 1.82) is 0 Å². The lowest BCUT2D eigenvalue weighted by molar-refractivity contribution is -0.115. The summed E-state index contributed by atoms with van der Waals surface area (Å²) in [6, 6.07) is 11.1. The van der Waals surface area contributed by atoms with Crippen molar-refractivity contribution in [1.82, 2.24) is 30.0 Å². The van der Waals surface area contributed by atoms with E-state index in [9.17, 15) is 4.79 Å². The van der Waals surface area contributed by atoms with Gasteiger partial charge >= 0.3 is 0 Å². The lowest BCUT2D eigenvalue weighted by Crippen LogP contribution is -2.17. The Morgan fingerprint density at radius 3 is 2.63 bits per heavy atom. The first-order valence-electron chi connectivity index (χ1n) is 9.75. The van der Waals surface area contributed by atoms with Gasteiger partial charge in [0.05, 0.1) is 6.42 Å². The largest absolute Gasteiger partial charge is 0.354 e. The molecule has 1 amide bonds. The van der Waals surface area contributed by atoms with Crippen LogP contribution < -0.4 is 16.0 Å². The van der Waals surface area contributed by atoms with E-state index in [1.54, 1.807) is 6.07 Å². The van der Waals surface area contributed by atoms with Crippen LogP contribution in [0, 0.1) is 6.92 Å². The van der Waals surface area contributed by atoms with Crippen molar-refractivity contribution < 1.29 is 4.79 Å². The second-order valence-corrected chi connectivity index (χ2v) is 7.11. The second kappa shape index (κ2) is 10.3. The van der Waals surface area contributed by atoms with Gasteiger partial charge in [-0.15, -0.1) is 0 Å². The van der Waals surface area contributed by atoms with Crippen LogP contribution in [0.25, 0.3) is 0 Å². The van der Waals surface area contributed by atoms with E-state index in [0.29, 0.717) is 29.2 Å². The number of aromatic nitrogens is 5. The number of hydrogen-bond donors (Lipinski definition) is 4. The Labute approximate surface area is 175 Å². The molecule has 0 unspecified atom stereocenters. The van der Waals surface area contributed by atoms with Crippen molar-refractivity contribution in [2.45, 2.75) is 19.8 Å². The minimum atomic E-state index is -0.128. The van der Waals surface area contributed by atoms with Crippen LogP contribution in [0.4, 0.5) is 23.4 Å². The standard InChI is InChI=1S/C20H27N9O/c1-14-22-19(21-10-7-11-29(2)3)26-20(23-14)25-17-12-16(27-28-17)13-18(30)24-15-8-5-4-6-9-15/h4-6,8-9,12H,7,10-11,13H2,1-3H3,(H,24,30)(H3,21,22,23,25,26,27,28). The van der Waals surface area contributed by atoms with Gasteiger partial charge in [0.2, 0.25) is 17.8 Å². The molecule has 0 atom stereocenters. The molecule has 3 aromatic rings. The number of rotatable bonds is 10. The van der Waals surface area contributed by atoms with Crippen LogP contribution in [0.5, 0.6) is 0 Å². The van der Waals surface area contributed by atoms with Gasteiger partial charge in [0.1, 0.15) is 5.82 Å². The Hall–Kier alpha value is -3.53. The lowest BCUT2D eigenvalue weighted by Gasteiger charge is -2.10. The second-order valence-electron chi connectivity index (χ2n) is 7.11. The Morgan fingerprint density at radius 2 is 1.87 bits per heavy atom. The number of carbonyl (C=O) groups is 1. The quantitative estimate of drug-likeness (QED) is 0.376. The maximum Gasteiger partial charge on any atom is 0.233 e. The van der Waals surface area contributed by atoms with Crippen LogP contribution in [0.3, 0.4) is 0 Å². The van der Waals surface area contributed by atoms with Crippen molar-refractivity contribution >= 4 is 29.3 Å². The molecule has 0 saturated heterocycles. The van der Waals surface area contributed by atoms with Gasteiger partial charge in [0.15, 0.2) is 5.82 Å². The molecule has 0 radical (unpaired) electrons. The molecule has 4 N–H and O–H groups in total. The molecule has 0 aliphatic carbocycles. The van der Waals surface area contributed by atoms with E-state index in [1.165, 1.54) is 0 Å². The number of nitrogens with one attached hydrogen (secondary N) is 4. The first-order chi connectivity index (χ1) is 14.5. The topological polar surface area (TPSA) is 124 Å². The molecule has 158 valence electrons. The van der Waals surface area contributed by atoms with Crippen molar-refractivity contribution in [3.8, 4) is 0 Å². The fourth-order valence-electron chi connectivity index (χ4n) is 2.74. The summed E-state index contributed by atoms with van der Waals surface area (Å²) in [5.41, 5.74) is 1.44. The number of aromatic amines is 1. The van der Waals surface area contributed by atoms with Crippen molar-refractivity contribution in [3.05, 3.63) is 47.9 Å². The highest BCUT2D eigenvalue weighted by Gasteiger charge is 2.10. The number of para-hydroxylation sites is 1. The molecule has 0 fully saturated rings. The summed E-state index contributed by atoms with van der Waals surface area (Å²) in [6.07, 6.45) is 1.16. The number of anilines is 4. The van der Waals surface area contributed by atoms with E-state index in [1.807, 2.05) is 51.4 Å². The number of nitrogens with zero attached hydrogens (tertiary/aromatic N) is 5. The normalized spacial score (nSPS) is 10.8. The number of carbonyl (C=O) groups excluding carboxylic acids is 1. The van der Waals surface area contributed by atoms with E-state index in [2.05, 4.69) is 46.0 Å². The molecule has 10 nitrogen and oxygen atoms in total. The Balaban J connectivity index is 1.55. The highest BCUT2D eigenvalue weighted by molar-refractivity contribution is 5.92. The molecule has 3 rings (SSSR count). The molecule has 0 bridgehead atoms. The maximum atomic E-state index is 12.2. The average Bonchev–Trinajstić information content (AvgIpc) is 3.12. The van der Waals surface area contributed by atoms with Crippen LogP contribution in [-0.4, -0.2) is 63.1 Å². The van der Waals surface area contributed by atoms with E-state index >= 15 is 0 Å². The number of benzene rings is 1. The molecule has 1 aromatic carbocycles. The van der Waals surface area contributed by atoms with Crippen LogP contribution >= 0.6 is 0 Å². The first-order valence-corrected chi connectivity index (χ1v) is 9.75. The molecule has 0 aliphatic rings. The predicted octanol–water partition coefficient (Wildman–Crippen LogP) is 2.19. The van der Waals surface area contributed by atoms with Crippen molar-refractivity contribution in [2.75, 3.05) is 43.1 Å². The smallest absolute Gasteiger partial charge is 0.233 e. The van der Waals surface area contributed by atoms with Gasteiger partial charge in [-0.1, -0.05) is 18.2 Å². The molecule has 0 aliphatic heterocycles. The third-order valence-electron chi connectivity index (χ3n) is 4.09. The van der Waals surface area contributed by atoms with Crippen LogP contribution in [0.15, 0.2) is 36.4 Å². The fraction of sp³-hybridized carbons (Fsp3) is 0.350. The van der Waals surface area contributed by atoms with Gasteiger partial charge in [0.25, 0.3) is 0 Å². The summed E-state index contributed by atoms with van der Waals surface area (Å²) in [7, 11) is 4.08. The Bertz CT molecular complexity index is 956. The minimum Gasteiger partial charge on any atom is -0.354 e. The van der Waals surface area contributed by atoms with Gasteiger partial charge < -0.3 is 20.9 Å². The molecule has 0 spiro atoms. The summed E-state index contributed by atoms with van der Waals surface area (Å²) in [4.78, 5) is 27.3. The number of hydrogen-bond acceptors (Lipinski definition) is 8. The van der Waals surface area contributed by atoms with Crippen molar-refractivity contribution in [2.24, 2.45) is 0 Å². The monoisotopic (exact) mass is 409 g/mol. The molecule has 10 heteroatoms. The molecule has 2 heterocycles. The van der Waals surface area contributed by atoms with Gasteiger partial charge in [-0.3, -0.25) is 9.89 Å². The lowest BCUT2D eigenvalue weighted by atomic mass is 10.2. The molecule has 2 aromatic heterocycles. The van der Waals surface area contributed by atoms with E-state index in [-0.39, 0.29) is 12.3 Å². The summed E-state index contributed by atoms with van der Waals surface area (Å²) in [6.45, 7) is 3.56. The summed E-state index contributed by atoms with van der Waals surface area (Å²) >= 11 is 0. The number of H-pyrrole nitrogens is 1. The van der Waals surface area contributed by atoms with Crippen LogP contribution in [0.2, 0.25) is 0 Å². The molecule has 0 saturated carbocycles. The van der Waals surface area contributed by atoms with Gasteiger partial charge in [-0.25, -0.2) is 0 Å². The average molecular weight is 409 g/mol. The Morgan fingerprint density at radius 1 is 1.10 bits per heavy atom. The van der Waals surface area contributed by atoms with Gasteiger partial charge in [-0.2, -0.15) is 20.1 Å².